The number of nitrogens with two attached hydrogens (primary N) is 1. The zero-order valence-electron chi connectivity index (χ0n) is 12.6. The first-order chi connectivity index (χ1) is 11.5. The van der Waals surface area contributed by atoms with Crippen LogP contribution in [0.2, 0.25) is 5.02 Å². The van der Waals surface area contributed by atoms with Gasteiger partial charge in [0.15, 0.2) is 0 Å². The molecule has 1 aliphatic carbocycles. The zero-order valence-corrected chi connectivity index (χ0v) is 14.1. The Morgan fingerprint density at radius 1 is 1.38 bits per heavy atom. The van der Waals surface area contributed by atoms with Crippen molar-refractivity contribution in [3.8, 4) is 0 Å². The quantitative estimate of drug-likeness (QED) is 0.436. The Kier molecular flexibility index (Phi) is 5.03. The first-order valence-electron chi connectivity index (χ1n) is 7.33. The van der Waals surface area contributed by atoms with Crippen LogP contribution >= 0.6 is 23.5 Å². The molecule has 1 atom stereocenters. The molecule has 4 nitrogen and oxygen atoms in total. The van der Waals surface area contributed by atoms with Crippen LogP contribution in [-0.2, 0) is 12.8 Å². The first-order valence-corrected chi connectivity index (χ1v) is 8.52. The van der Waals surface area contributed by atoms with Crippen LogP contribution in [0.1, 0.15) is 23.1 Å². The highest BCUT2D eigenvalue weighted by Crippen LogP contribution is 2.29. The smallest absolute Gasteiger partial charge is 0.143 e. The maximum Gasteiger partial charge on any atom is 0.143 e. The average Bonchev–Trinajstić information content (AvgIpc) is 2.57. The number of hydrogen-bond acceptors (Lipinski definition) is 5. The molecule has 0 radical (unpaired) electrons. The van der Waals surface area contributed by atoms with Gasteiger partial charge in [-0.15, -0.1) is 0 Å². The van der Waals surface area contributed by atoms with Crippen LogP contribution in [0.4, 0.5) is 14.6 Å². The summed E-state index contributed by atoms with van der Waals surface area (Å²) in [5, 5.41) is 7.25. The third-order valence-electron chi connectivity index (χ3n) is 4.01. The number of anilines is 1. The molecule has 3 rings (SSSR count). The molecule has 0 fully saturated rings. The lowest BCUT2D eigenvalue weighted by atomic mass is 9.87. The molecule has 1 aliphatic rings. The lowest BCUT2D eigenvalue weighted by Crippen LogP contribution is -2.31. The van der Waals surface area contributed by atoms with Gasteiger partial charge in [0.25, 0.3) is 0 Å². The number of aromatic nitrogens is 1. The summed E-state index contributed by atoms with van der Waals surface area (Å²) in [5.41, 5.74) is 8.54. The Morgan fingerprint density at radius 2 is 2.17 bits per heavy atom. The summed E-state index contributed by atoms with van der Waals surface area (Å²) in [6.07, 6.45) is 5.20. The summed E-state index contributed by atoms with van der Waals surface area (Å²) in [7, 11) is 0. The zero-order chi connectivity index (χ0) is 17.3. The molecule has 0 bridgehead atoms. The van der Waals surface area contributed by atoms with Crippen molar-refractivity contribution in [2.24, 2.45) is 0 Å². The summed E-state index contributed by atoms with van der Waals surface area (Å²) in [5.74, 6) is -0.842. The molecule has 4 N–H and O–H groups in total. The van der Waals surface area contributed by atoms with Crippen LogP contribution in [0.15, 0.2) is 23.2 Å². The Labute approximate surface area is 147 Å². The highest BCUT2D eigenvalue weighted by molar-refractivity contribution is 7.97. The molecular weight excluding hydrogens is 354 g/mol. The second kappa shape index (κ2) is 7.04. The molecule has 1 aromatic carbocycles. The number of nitrogens with zero attached hydrogens (tertiary/aromatic N) is 1. The number of rotatable bonds is 4. The Hall–Kier alpha value is -1.70. The maximum atomic E-state index is 13.8. The van der Waals surface area contributed by atoms with Crippen LogP contribution in [0, 0.1) is 17.0 Å². The summed E-state index contributed by atoms with van der Waals surface area (Å²) in [6, 6.07) is 2.14. The van der Waals surface area contributed by atoms with Crippen LogP contribution in [0.3, 0.4) is 0 Å². The Morgan fingerprint density at radius 3 is 2.92 bits per heavy atom. The molecule has 1 heterocycles. The first kappa shape index (κ1) is 17.1. The number of nitrogen functional groups attached to an aromatic ring is 1. The van der Waals surface area contributed by atoms with Crippen molar-refractivity contribution in [1.29, 1.82) is 5.41 Å². The van der Waals surface area contributed by atoms with Crippen molar-refractivity contribution in [3.05, 3.63) is 51.7 Å². The minimum absolute atomic E-state index is 0.0876. The molecule has 1 unspecified atom stereocenters. The standard InChI is InChI=1S/C16H15ClF2N4S/c17-12-4-14(19)15(5-13(12)18)24-23-9-1-2-10-8(3-9)7-22-16(21)11(10)6-20/h4-7,9,20,23H,1-3H2,(H2,21,22). The fraction of sp³-hybridized carbons (Fsp3) is 0.250. The van der Waals surface area contributed by atoms with E-state index in [4.69, 9.17) is 22.7 Å². The molecular formula is C16H15ClF2N4S. The van der Waals surface area contributed by atoms with E-state index in [1.807, 2.05) is 0 Å². The molecule has 8 heteroatoms. The maximum absolute atomic E-state index is 13.8. The van der Waals surface area contributed by atoms with Crippen molar-refractivity contribution < 1.29 is 8.78 Å². The number of fused-ring (bicyclic) bond motifs is 1. The second-order valence-electron chi connectivity index (χ2n) is 5.56. The molecule has 0 amide bonds. The lowest BCUT2D eigenvalue weighted by molar-refractivity contribution is 0.541. The van der Waals surface area contributed by atoms with Crippen LogP contribution in [0.5, 0.6) is 0 Å². The van der Waals surface area contributed by atoms with Crippen molar-refractivity contribution in [1.82, 2.24) is 9.71 Å². The van der Waals surface area contributed by atoms with Crippen LogP contribution < -0.4 is 10.5 Å². The summed E-state index contributed by atoms with van der Waals surface area (Å²) in [6.45, 7) is 0. The van der Waals surface area contributed by atoms with Crippen molar-refractivity contribution in [2.75, 3.05) is 5.73 Å². The average molecular weight is 369 g/mol. The number of nitrogens with one attached hydrogen (secondary N) is 2. The Balaban J connectivity index is 1.71. The fourth-order valence-electron chi connectivity index (χ4n) is 2.77. The molecule has 0 aliphatic heterocycles. The van der Waals surface area contributed by atoms with Gasteiger partial charge in [-0.2, -0.15) is 0 Å². The number of halogens is 3. The summed E-state index contributed by atoms with van der Waals surface area (Å²) < 4.78 is 30.4. The van der Waals surface area contributed by atoms with E-state index in [9.17, 15) is 8.78 Å². The number of benzene rings is 1. The van der Waals surface area contributed by atoms with Crippen molar-refractivity contribution in [3.63, 3.8) is 0 Å². The molecule has 1 aromatic heterocycles. The van der Waals surface area contributed by atoms with Gasteiger partial charge in [0, 0.05) is 24.0 Å². The molecule has 0 saturated carbocycles. The fourth-order valence-corrected chi connectivity index (χ4v) is 3.73. The van der Waals surface area contributed by atoms with E-state index in [2.05, 4.69) is 9.71 Å². The minimum Gasteiger partial charge on any atom is -0.383 e. The number of pyridine rings is 1. The molecule has 126 valence electrons. The summed E-state index contributed by atoms with van der Waals surface area (Å²) in [4.78, 5) is 4.28. The van der Waals surface area contributed by atoms with E-state index < -0.39 is 11.6 Å². The Bertz CT molecular complexity index is 800. The normalized spacial score (nSPS) is 16.7. The topological polar surface area (TPSA) is 74.8 Å². The van der Waals surface area contributed by atoms with Gasteiger partial charge in [0.2, 0.25) is 0 Å². The third kappa shape index (κ3) is 3.38. The van der Waals surface area contributed by atoms with Gasteiger partial charge in [0.1, 0.15) is 17.5 Å². The van der Waals surface area contributed by atoms with Crippen LogP contribution in [-0.4, -0.2) is 17.2 Å². The predicted octanol–water partition coefficient (Wildman–Crippen LogP) is 3.75. The van der Waals surface area contributed by atoms with Crippen molar-refractivity contribution in [2.45, 2.75) is 30.2 Å². The highest BCUT2D eigenvalue weighted by Gasteiger charge is 2.22. The van der Waals surface area contributed by atoms with Gasteiger partial charge in [-0.1, -0.05) is 11.6 Å². The SMILES string of the molecule is N=Cc1c(N)ncc2c1CCC(NSc1cc(F)c(Cl)cc1F)C2. The van der Waals surface area contributed by atoms with E-state index in [1.54, 1.807) is 6.20 Å². The summed E-state index contributed by atoms with van der Waals surface area (Å²) >= 11 is 6.60. The van der Waals surface area contributed by atoms with Gasteiger partial charge in [-0.05, 0) is 54.5 Å². The van der Waals surface area contributed by atoms with Gasteiger partial charge in [-0.25, -0.2) is 13.8 Å². The van der Waals surface area contributed by atoms with E-state index in [-0.39, 0.29) is 16.0 Å². The predicted molar refractivity (Wildman–Crippen MR) is 92.7 cm³/mol. The van der Waals surface area contributed by atoms with Crippen LogP contribution in [0.25, 0.3) is 0 Å². The lowest BCUT2D eigenvalue weighted by Gasteiger charge is -2.26. The van der Waals surface area contributed by atoms with Gasteiger partial charge >= 0.3 is 0 Å². The number of hydrogen-bond donors (Lipinski definition) is 3. The molecule has 24 heavy (non-hydrogen) atoms. The van der Waals surface area contributed by atoms with E-state index in [0.29, 0.717) is 17.8 Å². The monoisotopic (exact) mass is 368 g/mol. The highest BCUT2D eigenvalue weighted by atomic mass is 35.5. The van der Waals surface area contributed by atoms with Gasteiger partial charge < -0.3 is 11.1 Å². The molecule has 2 aromatic rings. The second-order valence-corrected chi connectivity index (χ2v) is 6.85. The van der Waals surface area contributed by atoms with E-state index in [1.165, 1.54) is 6.21 Å². The molecule has 0 saturated heterocycles. The van der Waals surface area contributed by atoms with Crippen molar-refractivity contribution >= 4 is 35.6 Å². The minimum atomic E-state index is -0.647. The van der Waals surface area contributed by atoms with Gasteiger partial charge in [-0.3, -0.25) is 4.72 Å². The van der Waals surface area contributed by atoms with E-state index in [0.717, 1.165) is 48.0 Å². The largest absolute Gasteiger partial charge is 0.383 e. The van der Waals surface area contributed by atoms with E-state index >= 15 is 0 Å². The molecule has 0 spiro atoms. The van der Waals surface area contributed by atoms with Gasteiger partial charge in [0.05, 0.1) is 9.92 Å². The third-order valence-corrected chi connectivity index (χ3v) is 5.29.